The van der Waals surface area contributed by atoms with Crippen LogP contribution in [0.15, 0.2) is 0 Å². The second kappa shape index (κ2) is 20.7. The maximum absolute atomic E-state index is 3.39. The molecule has 0 bridgehead atoms. The minimum Gasteiger partial charge on any atom is -0.131 e. The molecule has 0 heterocycles. The van der Waals surface area contributed by atoms with Crippen LogP contribution in [0.4, 0.5) is 0 Å². The Morgan fingerprint density at radius 3 is 1.21 bits per heavy atom. The Balaban J connectivity index is 4.26. The summed E-state index contributed by atoms with van der Waals surface area (Å²) in [5.74, 6) is 0.870. The number of hydrogen-bond acceptors (Lipinski definition) is 0. The van der Waals surface area contributed by atoms with E-state index in [1.807, 2.05) is 0 Å². The van der Waals surface area contributed by atoms with Gasteiger partial charge in [0.2, 0.25) is 0 Å². The Morgan fingerprint density at radius 1 is 0.500 bits per heavy atom. The van der Waals surface area contributed by atoms with Crippen molar-refractivity contribution in [2.24, 2.45) is 5.92 Å². The first kappa shape index (κ1) is 28.4. The van der Waals surface area contributed by atoms with Crippen LogP contribution < -0.4 is 0 Å². The molecule has 2 atom stereocenters. The third kappa shape index (κ3) is 16.3. The van der Waals surface area contributed by atoms with Gasteiger partial charge in [-0.05, 0) is 30.3 Å². The van der Waals surface area contributed by atoms with Crippen LogP contribution in [-0.4, -0.2) is 5.16 Å². The van der Waals surface area contributed by atoms with E-state index < -0.39 is 0 Å². The molecule has 0 rings (SSSR count). The van der Waals surface area contributed by atoms with Crippen molar-refractivity contribution in [3.8, 4) is 0 Å². The third-order valence-electron chi connectivity index (χ3n) is 6.96. The molecule has 2 unspecified atom stereocenters. The van der Waals surface area contributed by atoms with Crippen LogP contribution in [-0.2, 0) is 0 Å². The first-order valence-electron chi connectivity index (χ1n) is 13.4. The molecule has 28 heavy (non-hydrogen) atoms. The first-order valence-corrected chi connectivity index (χ1v) is 14.0. The summed E-state index contributed by atoms with van der Waals surface area (Å²) in [5, 5.41) is 0.513. The van der Waals surface area contributed by atoms with Gasteiger partial charge in [-0.25, -0.2) is 0 Å². The summed E-state index contributed by atoms with van der Waals surface area (Å²) in [7, 11) is 3.39. The molecule has 1 heteroatoms. The van der Waals surface area contributed by atoms with Crippen molar-refractivity contribution < 1.29 is 0 Å². The molecule has 0 aromatic heterocycles. The molecule has 0 spiro atoms. The molecule has 0 N–H and O–H groups in total. The third-order valence-corrected chi connectivity index (χ3v) is 8.11. The Hall–Kier alpha value is 0.430. The predicted molar refractivity (Wildman–Crippen MR) is 136 cm³/mol. The Labute approximate surface area is 183 Å². The molecule has 0 nitrogen and oxygen atoms in total. The van der Waals surface area contributed by atoms with Gasteiger partial charge >= 0.3 is 0 Å². The van der Waals surface area contributed by atoms with E-state index in [9.17, 15) is 0 Å². The fourth-order valence-corrected chi connectivity index (χ4v) is 5.18. The molecule has 0 aromatic carbocycles. The second-order valence-electron chi connectivity index (χ2n) is 9.73. The molecule has 0 aromatic rings. The van der Waals surface area contributed by atoms with Gasteiger partial charge in [0, 0.05) is 0 Å². The lowest BCUT2D eigenvalue weighted by atomic mass is 9.80. The molecular weight excluding hydrogens is 355 g/mol. The SMILES string of the molecule is CCCCCCCCC(C)C(P)(CCCCCCCC)CCCCCCCC. The molecule has 0 amide bonds. The van der Waals surface area contributed by atoms with E-state index in [1.165, 1.54) is 135 Å². The zero-order valence-electron chi connectivity index (χ0n) is 20.5. The van der Waals surface area contributed by atoms with Crippen LogP contribution in [0.2, 0.25) is 0 Å². The minimum atomic E-state index is 0.513. The van der Waals surface area contributed by atoms with Crippen molar-refractivity contribution in [3.05, 3.63) is 0 Å². The fourth-order valence-electron chi connectivity index (χ4n) is 4.61. The van der Waals surface area contributed by atoms with E-state index in [0.717, 1.165) is 5.92 Å². The zero-order chi connectivity index (χ0) is 20.9. The maximum atomic E-state index is 3.39. The van der Waals surface area contributed by atoms with Crippen LogP contribution in [0.1, 0.15) is 163 Å². The highest BCUT2D eigenvalue weighted by atomic mass is 31.0. The molecule has 0 aliphatic carbocycles. The number of hydrogen-bond donors (Lipinski definition) is 0. The summed E-state index contributed by atoms with van der Waals surface area (Å²) in [5.41, 5.74) is 0. The van der Waals surface area contributed by atoms with E-state index in [2.05, 4.69) is 36.9 Å². The summed E-state index contributed by atoms with van der Waals surface area (Å²) >= 11 is 0. The Morgan fingerprint density at radius 2 is 0.821 bits per heavy atom. The van der Waals surface area contributed by atoms with Crippen LogP contribution in [0.5, 0.6) is 0 Å². The topological polar surface area (TPSA) is 0 Å². The van der Waals surface area contributed by atoms with Gasteiger partial charge in [-0.2, -0.15) is 0 Å². The molecule has 0 saturated carbocycles. The normalized spacial score (nSPS) is 13.2. The standard InChI is InChI=1S/C27H57P/c1-5-8-11-14-17-20-23-26(4)27(28,24-21-18-15-12-9-6-2)25-22-19-16-13-10-7-3/h26H,5-25,28H2,1-4H3. The van der Waals surface area contributed by atoms with E-state index in [1.54, 1.807) is 0 Å². The van der Waals surface area contributed by atoms with Gasteiger partial charge in [0.05, 0.1) is 0 Å². The first-order chi connectivity index (χ1) is 13.6. The zero-order valence-corrected chi connectivity index (χ0v) is 21.7. The molecule has 0 fully saturated rings. The van der Waals surface area contributed by atoms with Gasteiger partial charge in [0.25, 0.3) is 0 Å². The van der Waals surface area contributed by atoms with Crippen molar-refractivity contribution >= 4 is 9.24 Å². The Bertz CT molecular complexity index is 283. The van der Waals surface area contributed by atoms with E-state index in [4.69, 9.17) is 0 Å². The van der Waals surface area contributed by atoms with Gasteiger partial charge in [-0.3, -0.25) is 0 Å². The highest BCUT2D eigenvalue weighted by molar-refractivity contribution is 7.19. The molecule has 0 aliphatic rings. The summed E-state index contributed by atoms with van der Waals surface area (Å²) in [4.78, 5) is 0. The van der Waals surface area contributed by atoms with E-state index in [-0.39, 0.29) is 0 Å². The van der Waals surface area contributed by atoms with Gasteiger partial charge < -0.3 is 0 Å². The second-order valence-corrected chi connectivity index (χ2v) is 10.9. The van der Waals surface area contributed by atoms with Crippen molar-refractivity contribution in [3.63, 3.8) is 0 Å². The average Bonchev–Trinajstić information content (AvgIpc) is 2.69. The largest absolute Gasteiger partial charge is 0.131 e. The van der Waals surface area contributed by atoms with Crippen LogP contribution >= 0.6 is 9.24 Å². The minimum absolute atomic E-state index is 0.513. The van der Waals surface area contributed by atoms with E-state index in [0.29, 0.717) is 5.16 Å². The molecule has 0 radical (unpaired) electrons. The highest BCUT2D eigenvalue weighted by Crippen LogP contribution is 2.41. The monoisotopic (exact) mass is 412 g/mol. The molecule has 0 aliphatic heterocycles. The van der Waals surface area contributed by atoms with Crippen molar-refractivity contribution in [2.45, 2.75) is 168 Å². The van der Waals surface area contributed by atoms with Gasteiger partial charge in [0.1, 0.15) is 0 Å². The Kier molecular flexibility index (Phi) is 21.0. The summed E-state index contributed by atoms with van der Waals surface area (Å²) in [6.45, 7) is 9.51. The molecule has 0 saturated heterocycles. The van der Waals surface area contributed by atoms with Crippen LogP contribution in [0.25, 0.3) is 0 Å². The lowest BCUT2D eigenvalue weighted by molar-refractivity contribution is 0.311. The highest BCUT2D eigenvalue weighted by Gasteiger charge is 2.29. The van der Waals surface area contributed by atoms with E-state index >= 15 is 0 Å². The lowest BCUT2D eigenvalue weighted by Gasteiger charge is -2.36. The van der Waals surface area contributed by atoms with Gasteiger partial charge in [0.15, 0.2) is 0 Å². The van der Waals surface area contributed by atoms with Gasteiger partial charge in [-0.1, -0.05) is 143 Å². The van der Waals surface area contributed by atoms with Crippen molar-refractivity contribution in [1.29, 1.82) is 0 Å². The number of unbranched alkanes of at least 4 members (excludes halogenated alkanes) is 15. The van der Waals surface area contributed by atoms with Gasteiger partial charge in [-0.15, -0.1) is 9.24 Å². The molecular formula is C27H57P. The van der Waals surface area contributed by atoms with Crippen molar-refractivity contribution in [2.75, 3.05) is 0 Å². The predicted octanol–water partition coefficient (Wildman–Crippen LogP) is 10.5. The van der Waals surface area contributed by atoms with Crippen LogP contribution in [0.3, 0.4) is 0 Å². The van der Waals surface area contributed by atoms with Crippen molar-refractivity contribution in [1.82, 2.24) is 0 Å². The quantitative estimate of drug-likeness (QED) is 0.122. The van der Waals surface area contributed by atoms with Crippen LogP contribution in [0, 0.1) is 5.92 Å². The number of rotatable bonds is 22. The lowest BCUT2D eigenvalue weighted by Crippen LogP contribution is -2.29. The summed E-state index contributed by atoms with van der Waals surface area (Å²) < 4.78 is 0. The maximum Gasteiger partial charge on any atom is -0.0125 e. The summed E-state index contributed by atoms with van der Waals surface area (Å²) in [6.07, 6.45) is 30.1. The summed E-state index contributed by atoms with van der Waals surface area (Å²) in [6, 6.07) is 0. The smallest absolute Gasteiger partial charge is 0.0125 e. The average molecular weight is 413 g/mol. The fraction of sp³-hybridized carbons (Fsp3) is 1.00. The molecule has 170 valence electrons.